The van der Waals surface area contributed by atoms with Crippen LogP contribution in [0.2, 0.25) is 1.41 Å². The van der Waals surface area contributed by atoms with Gasteiger partial charge in [-0.3, -0.25) is 0 Å². The molecule has 2 nitrogen and oxygen atoms in total. The summed E-state index contributed by atoms with van der Waals surface area (Å²) in [5.74, 6) is 0. The van der Waals surface area contributed by atoms with Crippen molar-refractivity contribution in [2.45, 2.75) is 19.4 Å². The van der Waals surface area contributed by atoms with Crippen molar-refractivity contribution in [3.05, 3.63) is 0 Å². The molecule has 1 unspecified atom stereocenters. The van der Waals surface area contributed by atoms with Gasteiger partial charge in [-0.05, 0) is 6.42 Å². The first-order valence-electron chi connectivity index (χ1n) is 3.75. The van der Waals surface area contributed by atoms with Gasteiger partial charge < -0.3 is 10.6 Å². The van der Waals surface area contributed by atoms with Crippen LogP contribution >= 0.6 is 0 Å². The number of piperazine rings is 1. The summed E-state index contributed by atoms with van der Waals surface area (Å²) in [6.07, 6.45) is 1.13. The van der Waals surface area contributed by atoms with E-state index in [1.165, 1.54) is 0 Å². The fraction of sp³-hybridized carbons (Fsp3) is 1.00. The summed E-state index contributed by atoms with van der Waals surface area (Å²) >= 11 is 0. The van der Waals surface area contributed by atoms with Crippen LogP contribution in [0.5, 0.6) is 0 Å². The molecule has 1 saturated heterocycles. The van der Waals surface area contributed by atoms with Crippen molar-refractivity contribution in [3.63, 3.8) is 0 Å². The quantitative estimate of drug-likeness (QED) is 0.501. The molecule has 0 aromatic rings. The molecule has 0 aliphatic carbocycles. The van der Waals surface area contributed by atoms with Crippen LogP contribution in [-0.2, 0) is 0 Å². The Morgan fingerprint density at radius 1 is 1.75 bits per heavy atom. The Labute approximate surface area is 52.1 Å². The Morgan fingerprint density at radius 2 is 2.62 bits per heavy atom. The van der Waals surface area contributed by atoms with Crippen LogP contribution < -0.4 is 10.6 Å². The van der Waals surface area contributed by atoms with Crippen LogP contribution in [0.25, 0.3) is 0 Å². The van der Waals surface area contributed by atoms with Crippen molar-refractivity contribution < 1.29 is 1.41 Å². The van der Waals surface area contributed by atoms with Gasteiger partial charge in [0.05, 0.1) is 0 Å². The van der Waals surface area contributed by atoms with Crippen LogP contribution in [0.1, 0.15) is 13.3 Å². The van der Waals surface area contributed by atoms with Crippen LogP contribution in [0.4, 0.5) is 0 Å². The lowest BCUT2D eigenvalue weighted by Crippen LogP contribution is -2.47. The highest BCUT2D eigenvalue weighted by atomic mass is 15.0. The molecule has 0 saturated carbocycles. The molecule has 1 aliphatic heterocycles. The van der Waals surface area contributed by atoms with Crippen molar-refractivity contribution in [2.24, 2.45) is 0 Å². The molecule has 1 fully saturated rings. The average molecular weight is 115 g/mol. The monoisotopic (exact) mass is 115 g/mol. The van der Waals surface area contributed by atoms with E-state index in [4.69, 9.17) is 1.41 Å². The highest BCUT2D eigenvalue weighted by Gasteiger charge is 2.07. The molecule has 48 valence electrons. The number of rotatable bonds is 1. The SMILES string of the molecule is [2H]N1CCNC(CC)C1. The summed E-state index contributed by atoms with van der Waals surface area (Å²) in [6.45, 7) is 4.88. The summed E-state index contributed by atoms with van der Waals surface area (Å²) in [7, 11) is 0. The van der Waals surface area contributed by atoms with Crippen molar-refractivity contribution in [1.29, 1.82) is 0 Å². The van der Waals surface area contributed by atoms with Crippen molar-refractivity contribution in [1.82, 2.24) is 10.6 Å². The fourth-order valence-electron chi connectivity index (χ4n) is 0.933. The van der Waals surface area contributed by atoms with Crippen molar-refractivity contribution in [3.8, 4) is 0 Å². The maximum absolute atomic E-state index is 7.30. The molecule has 0 amide bonds. The third-order valence-electron chi connectivity index (χ3n) is 1.55. The highest BCUT2D eigenvalue weighted by Crippen LogP contribution is 1.90. The van der Waals surface area contributed by atoms with E-state index < -0.39 is 0 Å². The first-order chi connectivity index (χ1) is 4.33. The molecule has 0 aromatic heterocycles. The molecule has 1 atom stereocenters. The third kappa shape index (κ3) is 1.46. The van der Waals surface area contributed by atoms with Gasteiger partial charge in [-0.2, -0.15) is 0 Å². The lowest BCUT2D eigenvalue weighted by Gasteiger charge is -2.22. The summed E-state index contributed by atoms with van der Waals surface area (Å²) in [6, 6.07) is 0.552. The molecule has 2 heteroatoms. The van der Waals surface area contributed by atoms with E-state index in [2.05, 4.69) is 12.2 Å². The molecule has 1 heterocycles. The molecule has 0 spiro atoms. The standard InChI is InChI=1S/C6H14N2/c1-2-6-5-7-3-4-8-6/h6-8H,2-5H2,1H3/i/hD. The second-order valence-electron chi connectivity index (χ2n) is 2.19. The summed E-state index contributed by atoms with van der Waals surface area (Å²) in [4.78, 5) is 0. The molecule has 0 radical (unpaired) electrons. The van der Waals surface area contributed by atoms with Crippen LogP contribution in [0.3, 0.4) is 0 Å². The van der Waals surface area contributed by atoms with E-state index in [-0.39, 0.29) is 0 Å². The minimum Gasteiger partial charge on any atom is -0.314 e. The van der Waals surface area contributed by atoms with E-state index in [9.17, 15) is 0 Å². The Morgan fingerprint density at radius 3 is 3.12 bits per heavy atom. The molecule has 2 N–H and O–H groups in total. The summed E-state index contributed by atoms with van der Waals surface area (Å²) in [5.41, 5.74) is 0. The second kappa shape index (κ2) is 3.05. The van der Waals surface area contributed by atoms with Gasteiger partial charge in [0.1, 0.15) is 1.41 Å². The first kappa shape index (κ1) is 4.77. The van der Waals surface area contributed by atoms with Crippen molar-refractivity contribution in [2.75, 3.05) is 19.6 Å². The normalized spacial score (nSPS) is 34.6. The molecule has 1 aliphatic rings. The Hall–Kier alpha value is -0.0800. The predicted molar refractivity (Wildman–Crippen MR) is 35.0 cm³/mol. The Bertz CT molecular complexity index is 87.1. The molecular weight excluding hydrogens is 100 g/mol. The zero-order valence-electron chi connectivity index (χ0n) is 6.35. The van der Waals surface area contributed by atoms with E-state index in [1.54, 1.807) is 5.31 Å². The maximum atomic E-state index is 7.30. The van der Waals surface area contributed by atoms with Gasteiger partial charge >= 0.3 is 0 Å². The lowest BCUT2D eigenvalue weighted by atomic mass is 10.2. The average Bonchev–Trinajstić information content (AvgIpc) is 1.88. The van der Waals surface area contributed by atoms with Gasteiger partial charge in [-0.15, -0.1) is 0 Å². The lowest BCUT2D eigenvalue weighted by molar-refractivity contribution is 0.410. The summed E-state index contributed by atoms with van der Waals surface area (Å²) in [5, 5.41) is 4.97. The minimum absolute atomic E-state index is 0.552. The van der Waals surface area contributed by atoms with E-state index in [0.717, 1.165) is 26.1 Å². The van der Waals surface area contributed by atoms with Gasteiger partial charge in [0, 0.05) is 25.7 Å². The van der Waals surface area contributed by atoms with Gasteiger partial charge in [-0.25, -0.2) is 0 Å². The predicted octanol–water partition coefficient (Wildman–Crippen LogP) is -0.0422. The molecular formula is C6H14N2. The largest absolute Gasteiger partial charge is 0.314 e. The van der Waals surface area contributed by atoms with E-state index >= 15 is 0 Å². The zero-order valence-corrected chi connectivity index (χ0v) is 5.35. The molecule has 0 aromatic carbocycles. The highest BCUT2D eigenvalue weighted by molar-refractivity contribution is 4.72. The number of nitrogens with one attached hydrogen (secondary N) is 2. The van der Waals surface area contributed by atoms with Crippen LogP contribution in [0.15, 0.2) is 0 Å². The zero-order chi connectivity index (χ0) is 6.69. The molecule has 0 bridgehead atoms. The van der Waals surface area contributed by atoms with E-state index in [1.807, 2.05) is 0 Å². The maximum Gasteiger partial charge on any atom is 0.122 e. The van der Waals surface area contributed by atoms with E-state index in [0.29, 0.717) is 6.04 Å². The Kier molecular flexibility index (Phi) is 1.82. The van der Waals surface area contributed by atoms with Gasteiger partial charge in [0.25, 0.3) is 0 Å². The van der Waals surface area contributed by atoms with Crippen LogP contribution in [0, 0.1) is 0 Å². The molecule has 8 heavy (non-hydrogen) atoms. The topological polar surface area (TPSA) is 24.1 Å². The molecule has 1 rings (SSSR count). The second-order valence-corrected chi connectivity index (χ2v) is 2.19. The number of hydrogen-bond donors (Lipinski definition) is 2. The van der Waals surface area contributed by atoms with Crippen molar-refractivity contribution >= 4 is 0 Å². The first-order valence-corrected chi connectivity index (χ1v) is 3.30. The van der Waals surface area contributed by atoms with Gasteiger partial charge in [-0.1, -0.05) is 6.92 Å². The third-order valence-corrected chi connectivity index (χ3v) is 1.55. The number of hydrogen-bond acceptors (Lipinski definition) is 2. The van der Waals surface area contributed by atoms with Crippen LogP contribution in [-0.4, -0.2) is 25.7 Å². The fourth-order valence-corrected chi connectivity index (χ4v) is 0.933. The summed E-state index contributed by atoms with van der Waals surface area (Å²) < 4.78 is 7.30. The van der Waals surface area contributed by atoms with Gasteiger partial charge in [0.2, 0.25) is 0 Å². The Balaban J connectivity index is 2.23. The van der Waals surface area contributed by atoms with Gasteiger partial charge in [0.15, 0.2) is 0 Å². The minimum atomic E-state index is 0.552. The smallest absolute Gasteiger partial charge is 0.122 e.